The number of hydrogen-bond acceptors (Lipinski definition) is 5. The van der Waals surface area contributed by atoms with Crippen LogP contribution in [0.5, 0.6) is 0 Å². The van der Waals surface area contributed by atoms with E-state index in [-0.39, 0.29) is 35.7 Å². The van der Waals surface area contributed by atoms with E-state index in [2.05, 4.69) is 4.98 Å². The highest BCUT2D eigenvalue weighted by Gasteiger charge is 2.18. The average Bonchev–Trinajstić information content (AvgIpc) is 2.65. The van der Waals surface area contributed by atoms with Crippen molar-refractivity contribution in [1.82, 2.24) is 14.5 Å². The Morgan fingerprint density at radius 2 is 1.89 bits per heavy atom. The summed E-state index contributed by atoms with van der Waals surface area (Å²) >= 11 is 0. The lowest BCUT2D eigenvalue weighted by molar-refractivity contribution is -0.385. The number of likely N-dealkylation sites (N-methyl/N-ethyl adjacent to an activating group) is 1. The molecule has 1 amide bonds. The molecule has 0 atom stereocenters. The number of nitro benzene ring substituents is 1. The Kier molecular flexibility index (Phi) is 5.08. The minimum absolute atomic E-state index is 0.131. The predicted molar refractivity (Wildman–Crippen MR) is 103 cm³/mol. The Bertz CT molecular complexity index is 1180. The Labute approximate surface area is 159 Å². The van der Waals surface area contributed by atoms with E-state index in [9.17, 15) is 24.5 Å². The van der Waals surface area contributed by atoms with Gasteiger partial charge in [0.15, 0.2) is 0 Å². The molecule has 0 unspecified atom stereocenters. The molecule has 1 N–H and O–H groups in total. The van der Waals surface area contributed by atoms with Gasteiger partial charge in [0, 0.05) is 18.7 Å². The molecule has 0 saturated carbocycles. The Hall–Kier alpha value is -3.75. The number of amides is 1. The lowest BCUT2D eigenvalue weighted by Crippen LogP contribution is -2.41. The maximum absolute atomic E-state index is 12.5. The molecule has 1 aromatic heterocycles. The SMILES string of the molecule is Cc1cc2[nH]c(=O)c(=O)n(CN(C)C(=O)Cc3ccccc3)c2cc1[N+](=O)[O-]. The fourth-order valence-corrected chi connectivity index (χ4v) is 2.95. The summed E-state index contributed by atoms with van der Waals surface area (Å²) in [5, 5.41) is 11.2. The van der Waals surface area contributed by atoms with Crippen molar-refractivity contribution in [2.24, 2.45) is 0 Å². The van der Waals surface area contributed by atoms with Gasteiger partial charge in [-0.05, 0) is 18.6 Å². The van der Waals surface area contributed by atoms with Crippen molar-refractivity contribution in [2.45, 2.75) is 20.0 Å². The number of carbonyl (C=O) groups is 1. The average molecular weight is 382 g/mol. The zero-order valence-electron chi connectivity index (χ0n) is 15.3. The number of fused-ring (bicyclic) bond motifs is 1. The monoisotopic (exact) mass is 382 g/mol. The van der Waals surface area contributed by atoms with Crippen LogP contribution in [-0.4, -0.2) is 32.3 Å². The molecule has 0 aliphatic carbocycles. The summed E-state index contributed by atoms with van der Waals surface area (Å²) in [5.74, 6) is -0.256. The van der Waals surface area contributed by atoms with Gasteiger partial charge in [-0.15, -0.1) is 0 Å². The van der Waals surface area contributed by atoms with Gasteiger partial charge in [0.05, 0.1) is 22.4 Å². The number of aryl methyl sites for hydroxylation is 1. The number of benzene rings is 2. The molecule has 144 valence electrons. The highest BCUT2D eigenvalue weighted by atomic mass is 16.6. The number of H-pyrrole nitrogens is 1. The van der Waals surface area contributed by atoms with Crippen LogP contribution in [0.4, 0.5) is 5.69 Å². The van der Waals surface area contributed by atoms with Crippen molar-refractivity contribution < 1.29 is 9.72 Å². The molecule has 0 bridgehead atoms. The number of hydrogen-bond donors (Lipinski definition) is 1. The maximum Gasteiger partial charge on any atom is 0.318 e. The molecule has 9 nitrogen and oxygen atoms in total. The largest absolute Gasteiger partial charge is 0.327 e. The summed E-state index contributed by atoms with van der Waals surface area (Å²) in [6.45, 7) is 1.34. The van der Waals surface area contributed by atoms with Gasteiger partial charge in [-0.3, -0.25) is 29.1 Å². The minimum Gasteiger partial charge on any atom is -0.327 e. The van der Waals surface area contributed by atoms with Crippen LogP contribution in [-0.2, 0) is 17.9 Å². The second kappa shape index (κ2) is 7.47. The molecular weight excluding hydrogens is 364 g/mol. The lowest BCUT2D eigenvalue weighted by atomic mass is 10.1. The molecule has 0 radical (unpaired) electrons. The number of aromatic amines is 1. The van der Waals surface area contributed by atoms with Gasteiger partial charge in [-0.2, -0.15) is 0 Å². The van der Waals surface area contributed by atoms with E-state index in [1.54, 1.807) is 6.92 Å². The number of aromatic nitrogens is 2. The minimum atomic E-state index is -0.884. The van der Waals surface area contributed by atoms with E-state index in [0.29, 0.717) is 5.56 Å². The fourth-order valence-electron chi connectivity index (χ4n) is 2.95. The van der Waals surface area contributed by atoms with Crippen molar-refractivity contribution in [3.63, 3.8) is 0 Å². The van der Waals surface area contributed by atoms with Gasteiger partial charge in [-0.25, -0.2) is 0 Å². The molecule has 2 aromatic carbocycles. The summed E-state index contributed by atoms with van der Waals surface area (Å²) in [6, 6.07) is 11.8. The van der Waals surface area contributed by atoms with E-state index in [1.807, 2.05) is 30.3 Å². The standard InChI is InChI=1S/C19H18N4O5/c1-12-8-14-16(10-15(12)23(27)28)22(19(26)18(25)20-14)11-21(2)17(24)9-13-6-4-3-5-7-13/h3-8,10H,9,11H2,1-2H3,(H,20,25). The number of nitrogens with zero attached hydrogens (tertiary/aromatic N) is 3. The summed E-state index contributed by atoms with van der Waals surface area (Å²) in [6.07, 6.45) is 0.131. The second-order valence-electron chi connectivity index (χ2n) is 6.50. The summed E-state index contributed by atoms with van der Waals surface area (Å²) in [7, 11) is 1.51. The van der Waals surface area contributed by atoms with Crippen LogP contribution < -0.4 is 11.1 Å². The Morgan fingerprint density at radius 3 is 2.54 bits per heavy atom. The van der Waals surface area contributed by atoms with Crippen LogP contribution in [0, 0.1) is 17.0 Å². The van der Waals surface area contributed by atoms with Crippen molar-refractivity contribution >= 4 is 22.6 Å². The molecule has 0 saturated heterocycles. The molecule has 1 heterocycles. The van der Waals surface area contributed by atoms with Crippen molar-refractivity contribution in [2.75, 3.05) is 7.05 Å². The normalized spacial score (nSPS) is 10.8. The van der Waals surface area contributed by atoms with E-state index in [0.717, 1.165) is 10.1 Å². The summed E-state index contributed by atoms with van der Waals surface area (Å²) in [4.78, 5) is 51.3. The van der Waals surface area contributed by atoms with Crippen LogP contribution in [0.15, 0.2) is 52.1 Å². The van der Waals surface area contributed by atoms with E-state index in [4.69, 9.17) is 0 Å². The smallest absolute Gasteiger partial charge is 0.318 e. The van der Waals surface area contributed by atoms with Gasteiger partial charge in [0.1, 0.15) is 6.67 Å². The Balaban J connectivity index is 2.01. The van der Waals surface area contributed by atoms with Gasteiger partial charge in [0.25, 0.3) is 5.69 Å². The van der Waals surface area contributed by atoms with Gasteiger partial charge in [-0.1, -0.05) is 30.3 Å². The number of carbonyl (C=O) groups excluding carboxylic acids is 1. The predicted octanol–water partition coefficient (Wildman–Crippen LogP) is 1.57. The molecule has 9 heteroatoms. The molecule has 3 aromatic rings. The molecule has 28 heavy (non-hydrogen) atoms. The third-order valence-corrected chi connectivity index (χ3v) is 4.47. The molecule has 3 rings (SSSR count). The van der Waals surface area contributed by atoms with E-state index in [1.165, 1.54) is 24.1 Å². The van der Waals surface area contributed by atoms with Crippen molar-refractivity contribution in [3.8, 4) is 0 Å². The van der Waals surface area contributed by atoms with Crippen LogP contribution in [0.2, 0.25) is 0 Å². The lowest BCUT2D eigenvalue weighted by Gasteiger charge is -2.20. The number of nitro groups is 1. The zero-order valence-corrected chi connectivity index (χ0v) is 15.3. The first-order chi connectivity index (χ1) is 13.3. The molecular formula is C19H18N4O5. The molecule has 0 spiro atoms. The number of rotatable bonds is 5. The van der Waals surface area contributed by atoms with Crippen molar-refractivity contribution in [1.29, 1.82) is 0 Å². The zero-order chi connectivity index (χ0) is 20.4. The van der Waals surface area contributed by atoms with Gasteiger partial charge >= 0.3 is 11.1 Å². The van der Waals surface area contributed by atoms with E-state index >= 15 is 0 Å². The van der Waals surface area contributed by atoms with Gasteiger partial charge < -0.3 is 9.88 Å². The van der Waals surface area contributed by atoms with Gasteiger partial charge in [0.2, 0.25) is 5.91 Å². The topological polar surface area (TPSA) is 118 Å². The molecule has 0 fully saturated rings. The first-order valence-electron chi connectivity index (χ1n) is 8.47. The first-order valence-corrected chi connectivity index (χ1v) is 8.47. The van der Waals surface area contributed by atoms with Crippen LogP contribution in [0.25, 0.3) is 11.0 Å². The summed E-state index contributed by atoms with van der Waals surface area (Å²) < 4.78 is 1.07. The third kappa shape index (κ3) is 3.68. The first kappa shape index (κ1) is 19.0. The Morgan fingerprint density at radius 1 is 1.21 bits per heavy atom. The summed E-state index contributed by atoms with van der Waals surface area (Å²) in [5.41, 5.74) is -0.279. The fraction of sp³-hybridized carbons (Fsp3) is 0.211. The molecule has 0 aliphatic heterocycles. The van der Waals surface area contributed by atoms with E-state index < -0.39 is 16.0 Å². The van der Waals surface area contributed by atoms with Crippen LogP contribution in [0.1, 0.15) is 11.1 Å². The number of nitrogens with one attached hydrogen (secondary N) is 1. The van der Waals surface area contributed by atoms with Crippen molar-refractivity contribution in [3.05, 3.63) is 84.4 Å². The maximum atomic E-state index is 12.5. The van der Waals surface area contributed by atoms with Crippen LogP contribution >= 0.6 is 0 Å². The highest BCUT2D eigenvalue weighted by molar-refractivity contribution is 5.80. The highest BCUT2D eigenvalue weighted by Crippen LogP contribution is 2.23. The second-order valence-corrected chi connectivity index (χ2v) is 6.50. The van der Waals surface area contributed by atoms with Crippen LogP contribution in [0.3, 0.4) is 0 Å². The molecule has 0 aliphatic rings. The quantitative estimate of drug-likeness (QED) is 0.408. The third-order valence-electron chi connectivity index (χ3n) is 4.47.